The zero-order valence-electron chi connectivity index (χ0n) is 12.1. The van der Waals surface area contributed by atoms with Crippen molar-refractivity contribution >= 4 is 22.5 Å². The molecule has 1 saturated carbocycles. The van der Waals surface area contributed by atoms with Crippen molar-refractivity contribution in [2.24, 2.45) is 11.8 Å². The van der Waals surface area contributed by atoms with Crippen LogP contribution in [0.2, 0.25) is 0 Å². The van der Waals surface area contributed by atoms with E-state index in [1.165, 1.54) is 32.1 Å². The lowest BCUT2D eigenvalue weighted by molar-refractivity contribution is 0.232. The molecule has 0 amide bonds. The topological polar surface area (TPSA) is 55.4 Å². The summed E-state index contributed by atoms with van der Waals surface area (Å²) in [7, 11) is -1.25. The molecule has 0 aromatic carbocycles. The minimum absolute atomic E-state index is 0. The third kappa shape index (κ3) is 9.66. The fourth-order valence-corrected chi connectivity index (χ4v) is 3.16. The van der Waals surface area contributed by atoms with E-state index in [1.54, 1.807) is 0 Å². The van der Waals surface area contributed by atoms with Gasteiger partial charge in [-0.05, 0) is 44.7 Å². The average Bonchev–Trinajstić information content (AvgIpc) is 2.32. The molecule has 0 spiro atoms. The van der Waals surface area contributed by atoms with Crippen molar-refractivity contribution < 1.29 is 12.6 Å². The summed E-state index contributed by atoms with van der Waals surface area (Å²) in [6, 6.07) is 0. The molecule has 0 radical (unpaired) electrons. The molecule has 0 aromatic heterocycles. The third-order valence-corrected chi connectivity index (χ3v) is 4.42. The van der Waals surface area contributed by atoms with Crippen LogP contribution in [0.4, 0.5) is 0 Å². The van der Waals surface area contributed by atoms with Crippen LogP contribution in [0, 0.1) is 11.8 Å². The molecule has 0 heterocycles. The summed E-state index contributed by atoms with van der Waals surface area (Å²) in [6.07, 6.45) is 9.63. The lowest BCUT2D eigenvalue weighted by Gasteiger charge is -2.28. The molecule has 0 atom stereocenters. The van der Waals surface area contributed by atoms with E-state index in [9.17, 15) is 8.42 Å². The fraction of sp³-hybridized carbons (Fsp3) is 1.00. The molecule has 116 valence electrons. The maximum Gasteiger partial charge on any atom is 0.264 e. The largest absolute Gasteiger partial charge is 0.320 e. The summed E-state index contributed by atoms with van der Waals surface area (Å²) in [6.45, 7) is 1.47. The highest BCUT2D eigenvalue weighted by Crippen LogP contribution is 2.32. The van der Waals surface area contributed by atoms with Gasteiger partial charge in [-0.25, -0.2) is 0 Å². The Morgan fingerprint density at radius 2 is 1.63 bits per heavy atom. The van der Waals surface area contributed by atoms with Crippen molar-refractivity contribution in [2.75, 3.05) is 26.5 Å². The second kappa shape index (κ2) is 9.97. The van der Waals surface area contributed by atoms with Gasteiger partial charge < -0.3 is 5.32 Å². The molecule has 0 saturated heterocycles. The Hall–Kier alpha value is 0.160. The Morgan fingerprint density at radius 3 is 2.11 bits per heavy atom. The van der Waals surface area contributed by atoms with Gasteiger partial charge in [0.1, 0.15) is 0 Å². The number of hydrogen-bond acceptors (Lipinski definition) is 4. The van der Waals surface area contributed by atoms with E-state index in [0.717, 1.165) is 37.5 Å². The second-order valence-corrected chi connectivity index (χ2v) is 7.09. The maximum atomic E-state index is 10.8. The first-order valence-corrected chi connectivity index (χ1v) is 8.82. The number of halogens is 1. The minimum Gasteiger partial charge on any atom is -0.320 e. The Bertz CT molecular complexity index is 314. The molecule has 4 nitrogen and oxygen atoms in total. The van der Waals surface area contributed by atoms with E-state index in [-0.39, 0.29) is 12.4 Å². The first kappa shape index (κ1) is 19.2. The molecule has 6 heteroatoms. The van der Waals surface area contributed by atoms with Gasteiger partial charge in [0.15, 0.2) is 0 Å². The van der Waals surface area contributed by atoms with Crippen molar-refractivity contribution in [3.05, 3.63) is 0 Å². The van der Waals surface area contributed by atoms with Crippen molar-refractivity contribution in [2.45, 2.75) is 44.9 Å². The molecule has 1 N–H and O–H groups in total. The summed E-state index contributed by atoms with van der Waals surface area (Å²) < 4.78 is 26.4. The standard InChI is InChI=1S/C13H27NO3S.ClH/c1-14-10-9-13-7-5-12(6-8-13)4-3-11-17-18(2,15)16;/h12-14H,3-11H2,1-2H3;1H. The van der Waals surface area contributed by atoms with Crippen LogP contribution in [0.3, 0.4) is 0 Å². The molecular formula is C13H28ClNO3S. The van der Waals surface area contributed by atoms with Crippen LogP contribution in [0.25, 0.3) is 0 Å². The number of rotatable bonds is 8. The quantitative estimate of drug-likeness (QED) is 0.553. The zero-order valence-corrected chi connectivity index (χ0v) is 13.7. The van der Waals surface area contributed by atoms with Crippen LogP contribution >= 0.6 is 12.4 Å². The van der Waals surface area contributed by atoms with Crippen LogP contribution in [-0.2, 0) is 14.3 Å². The van der Waals surface area contributed by atoms with Gasteiger partial charge in [0.05, 0.1) is 12.9 Å². The molecular weight excluding hydrogens is 286 g/mol. The zero-order chi connectivity index (χ0) is 13.4. The molecule has 0 aromatic rings. The van der Waals surface area contributed by atoms with Crippen LogP contribution < -0.4 is 5.32 Å². The molecule has 0 bridgehead atoms. The van der Waals surface area contributed by atoms with Crippen LogP contribution in [0.5, 0.6) is 0 Å². The van der Waals surface area contributed by atoms with Gasteiger partial charge in [-0.3, -0.25) is 4.18 Å². The van der Waals surface area contributed by atoms with Crippen molar-refractivity contribution in [3.63, 3.8) is 0 Å². The molecule has 1 rings (SSSR count). The van der Waals surface area contributed by atoms with Crippen LogP contribution in [-0.4, -0.2) is 34.9 Å². The first-order chi connectivity index (χ1) is 8.51. The first-order valence-electron chi connectivity index (χ1n) is 7.00. The van der Waals surface area contributed by atoms with Crippen LogP contribution in [0.1, 0.15) is 44.9 Å². The fourth-order valence-electron chi connectivity index (χ4n) is 2.74. The molecule has 0 aliphatic heterocycles. The predicted octanol–water partition coefficient (Wildman–Crippen LogP) is 2.58. The molecule has 1 fully saturated rings. The number of nitrogens with one attached hydrogen (secondary N) is 1. The van der Waals surface area contributed by atoms with E-state index in [2.05, 4.69) is 5.32 Å². The SMILES string of the molecule is CNCCC1CCC(CCCOS(C)(=O)=O)CC1.Cl. The summed E-state index contributed by atoms with van der Waals surface area (Å²) >= 11 is 0. The Morgan fingerprint density at radius 1 is 1.11 bits per heavy atom. The van der Waals surface area contributed by atoms with E-state index in [0.29, 0.717) is 6.61 Å². The molecule has 0 unspecified atom stereocenters. The normalized spacial score (nSPS) is 23.9. The maximum absolute atomic E-state index is 10.8. The van der Waals surface area contributed by atoms with Gasteiger partial charge >= 0.3 is 0 Å². The summed E-state index contributed by atoms with van der Waals surface area (Å²) in [5.41, 5.74) is 0. The van der Waals surface area contributed by atoms with Crippen molar-refractivity contribution in [3.8, 4) is 0 Å². The Kier molecular flexibility index (Phi) is 10.1. The number of hydrogen-bond donors (Lipinski definition) is 1. The minimum atomic E-state index is -3.25. The summed E-state index contributed by atoms with van der Waals surface area (Å²) in [5.74, 6) is 1.67. The molecule has 1 aliphatic rings. The predicted molar refractivity (Wildman–Crippen MR) is 81.3 cm³/mol. The second-order valence-electron chi connectivity index (χ2n) is 5.45. The van der Waals surface area contributed by atoms with Gasteiger partial charge in [-0.2, -0.15) is 8.42 Å². The van der Waals surface area contributed by atoms with Gasteiger partial charge in [0.25, 0.3) is 10.1 Å². The summed E-state index contributed by atoms with van der Waals surface area (Å²) in [4.78, 5) is 0. The van der Waals surface area contributed by atoms with Gasteiger partial charge in [-0.15, -0.1) is 12.4 Å². The smallest absolute Gasteiger partial charge is 0.264 e. The van der Waals surface area contributed by atoms with E-state index in [1.807, 2.05) is 7.05 Å². The van der Waals surface area contributed by atoms with Crippen molar-refractivity contribution in [1.82, 2.24) is 5.32 Å². The highest BCUT2D eigenvalue weighted by Gasteiger charge is 2.20. The summed E-state index contributed by atoms with van der Waals surface area (Å²) in [5, 5.41) is 3.21. The Labute approximate surface area is 124 Å². The van der Waals surface area contributed by atoms with Gasteiger partial charge in [-0.1, -0.05) is 25.7 Å². The van der Waals surface area contributed by atoms with E-state index in [4.69, 9.17) is 4.18 Å². The molecule has 19 heavy (non-hydrogen) atoms. The average molecular weight is 314 g/mol. The van der Waals surface area contributed by atoms with Gasteiger partial charge in [0.2, 0.25) is 0 Å². The van der Waals surface area contributed by atoms with Crippen LogP contribution in [0.15, 0.2) is 0 Å². The Balaban J connectivity index is 0.00000324. The molecule has 1 aliphatic carbocycles. The third-order valence-electron chi connectivity index (χ3n) is 3.82. The monoisotopic (exact) mass is 313 g/mol. The lowest BCUT2D eigenvalue weighted by Crippen LogP contribution is -2.19. The van der Waals surface area contributed by atoms with E-state index < -0.39 is 10.1 Å². The van der Waals surface area contributed by atoms with Crippen molar-refractivity contribution in [1.29, 1.82) is 0 Å². The van der Waals surface area contributed by atoms with Gasteiger partial charge in [0, 0.05) is 0 Å². The highest BCUT2D eigenvalue weighted by atomic mass is 35.5. The van der Waals surface area contributed by atoms with E-state index >= 15 is 0 Å². The highest BCUT2D eigenvalue weighted by molar-refractivity contribution is 7.85. The lowest BCUT2D eigenvalue weighted by atomic mass is 9.79.